The average molecular weight is 509 g/mol. The zero-order valence-corrected chi connectivity index (χ0v) is 20.9. The molecule has 0 saturated heterocycles. The lowest BCUT2D eigenvalue weighted by atomic mass is 10.1. The van der Waals surface area contributed by atoms with Crippen LogP contribution in [0, 0.1) is 6.92 Å². The molecule has 0 bridgehead atoms. The highest BCUT2D eigenvalue weighted by Crippen LogP contribution is 2.34. The molecule has 0 spiro atoms. The highest BCUT2D eigenvalue weighted by atomic mass is 32.1. The summed E-state index contributed by atoms with van der Waals surface area (Å²) in [6.45, 7) is 5.27. The second kappa shape index (κ2) is 12.1. The average Bonchev–Trinajstić information content (AvgIpc) is 3.13. The van der Waals surface area contributed by atoms with Crippen LogP contribution < -0.4 is 10.6 Å². The number of hydrogen-bond acceptors (Lipinski definition) is 10. The Morgan fingerprint density at radius 1 is 0.853 bits per heavy atom. The third-order valence-electron chi connectivity index (χ3n) is 4.35. The van der Waals surface area contributed by atoms with Crippen molar-refractivity contribution in [2.24, 2.45) is 0 Å². The van der Waals surface area contributed by atoms with E-state index >= 15 is 0 Å². The van der Waals surface area contributed by atoms with Crippen LogP contribution in [0.1, 0.15) is 60.2 Å². The van der Waals surface area contributed by atoms with Crippen LogP contribution in [0.15, 0.2) is 18.2 Å². The van der Waals surface area contributed by atoms with Crippen LogP contribution in [0.25, 0.3) is 0 Å². The molecule has 0 aliphatic heterocycles. The van der Waals surface area contributed by atoms with Crippen LogP contribution in [-0.2, 0) is 18.9 Å². The molecular formula is C22H24N2O8S2. The fourth-order valence-electron chi connectivity index (χ4n) is 2.88. The molecule has 1 aromatic heterocycles. The van der Waals surface area contributed by atoms with E-state index in [1.54, 1.807) is 20.8 Å². The molecule has 1 heterocycles. The van der Waals surface area contributed by atoms with Gasteiger partial charge < -0.3 is 29.6 Å². The van der Waals surface area contributed by atoms with Gasteiger partial charge in [0.05, 0.1) is 44.1 Å². The lowest BCUT2D eigenvalue weighted by molar-refractivity contribution is 0.0524. The Morgan fingerprint density at radius 3 is 1.88 bits per heavy atom. The van der Waals surface area contributed by atoms with E-state index in [2.05, 4.69) is 10.6 Å². The molecule has 2 rings (SSSR count). The van der Waals surface area contributed by atoms with Crippen molar-refractivity contribution in [2.75, 3.05) is 38.1 Å². The molecule has 0 amide bonds. The lowest BCUT2D eigenvalue weighted by Crippen LogP contribution is -2.21. The van der Waals surface area contributed by atoms with Crippen molar-refractivity contribution in [1.82, 2.24) is 0 Å². The summed E-state index contributed by atoms with van der Waals surface area (Å²) >= 11 is 6.35. The van der Waals surface area contributed by atoms with Gasteiger partial charge >= 0.3 is 23.9 Å². The summed E-state index contributed by atoms with van der Waals surface area (Å²) in [5.41, 5.74) is 1.03. The molecule has 2 N–H and O–H groups in total. The number of ether oxygens (including phenoxy) is 4. The standard InChI is InChI=1S/C22H24N2O8S2/c1-6-31-20(27)15-11(3)16(21(28)32-7-2)34-17(15)24-22(33)23-14-9-12(18(25)29-4)8-13(10-14)19(26)30-5/h8-10H,6-7H2,1-5H3,(H2,23,24,33). The van der Waals surface area contributed by atoms with E-state index in [1.807, 2.05) is 0 Å². The van der Waals surface area contributed by atoms with Gasteiger partial charge in [-0.15, -0.1) is 11.3 Å². The SMILES string of the molecule is CCOC(=O)c1sc(NC(=S)Nc2cc(C(=O)OC)cc(C(=O)OC)c2)c(C(=O)OCC)c1C. The van der Waals surface area contributed by atoms with Gasteiger partial charge in [0.15, 0.2) is 5.11 Å². The first-order valence-electron chi connectivity index (χ1n) is 10.0. The van der Waals surface area contributed by atoms with Gasteiger partial charge in [-0.25, -0.2) is 19.2 Å². The zero-order chi connectivity index (χ0) is 25.4. The van der Waals surface area contributed by atoms with Crippen LogP contribution >= 0.6 is 23.6 Å². The molecule has 10 nitrogen and oxygen atoms in total. The van der Waals surface area contributed by atoms with Gasteiger partial charge in [-0.1, -0.05) is 0 Å². The maximum atomic E-state index is 12.6. The maximum absolute atomic E-state index is 12.6. The number of nitrogens with one attached hydrogen (secondary N) is 2. The van der Waals surface area contributed by atoms with Gasteiger partial charge in [-0.05, 0) is 56.8 Å². The van der Waals surface area contributed by atoms with Crippen LogP contribution in [0.5, 0.6) is 0 Å². The molecular weight excluding hydrogens is 484 g/mol. The molecule has 0 aliphatic rings. The van der Waals surface area contributed by atoms with Crippen molar-refractivity contribution in [3.8, 4) is 0 Å². The van der Waals surface area contributed by atoms with E-state index in [9.17, 15) is 19.2 Å². The number of thiocarbonyl (C=S) groups is 1. The maximum Gasteiger partial charge on any atom is 0.348 e. The summed E-state index contributed by atoms with van der Waals surface area (Å²) < 4.78 is 19.6. The Labute approximate surface area is 205 Å². The highest BCUT2D eigenvalue weighted by molar-refractivity contribution is 7.80. The van der Waals surface area contributed by atoms with Gasteiger partial charge in [0.25, 0.3) is 0 Å². The molecule has 0 atom stereocenters. The summed E-state index contributed by atoms with van der Waals surface area (Å²) in [6, 6.07) is 4.19. The van der Waals surface area contributed by atoms with Crippen molar-refractivity contribution < 1.29 is 38.1 Å². The molecule has 12 heteroatoms. The fourth-order valence-corrected chi connectivity index (χ4v) is 4.26. The normalized spacial score (nSPS) is 10.1. The van der Waals surface area contributed by atoms with Crippen LogP contribution in [-0.4, -0.2) is 56.4 Å². The Balaban J connectivity index is 2.39. The van der Waals surface area contributed by atoms with Gasteiger partial charge in [0.2, 0.25) is 0 Å². The second-order valence-electron chi connectivity index (χ2n) is 6.56. The third-order valence-corrected chi connectivity index (χ3v) is 5.74. The molecule has 0 fully saturated rings. The third kappa shape index (κ3) is 6.29. The van der Waals surface area contributed by atoms with Crippen molar-refractivity contribution in [2.45, 2.75) is 20.8 Å². The summed E-state index contributed by atoms with van der Waals surface area (Å²) in [7, 11) is 2.42. The predicted octanol–water partition coefficient (Wildman–Crippen LogP) is 3.79. The number of carbonyl (C=O) groups excluding carboxylic acids is 4. The summed E-state index contributed by atoms with van der Waals surface area (Å²) in [5, 5.41) is 6.03. The van der Waals surface area contributed by atoms with E-state index < -0.39 is 23.9 Å². The number of anilines is 2. The number of rotatable bonds is 8. The van der Waals surface area contributed by atoms with Crippen LogP contribution in [0.3, 0.4) is 0 Å². The van der Waals surface area contributed by atoms with E-state index in [0.29, 0.717) is 5.56 Å². The van der Waals surface area contributed by atoms with Gasteiger partial charge in [0, 0.05) is 5.69 Å². The fraction of sp³-hybridized carbons (Fsp3) is 0.318. The minimum absolute atomic E-state index is 0.0278. The number of benzene rings is 1. The van der Waals surface area contributed by atoms with Crippen LogP contribution in [0.4, 0.5) is 10.7 Å². The van der Waals surface area contributed by atoms with E-state index in [1.165, 1.54) is 32.4 Å². The van der Waals surface area contributed by atoms with Gasteiger partial charge in [0.1, 0.15) is 9.88 Å². The van der Waals surface area contributed by atoms with Crippen LogP contribution in [0.2, 0.25) is 0 Å². The summed E-state index contributed by atoms with van der Waals surface area (Å²) in [5.74, 6) is -2.52. The Morgan fingerprint density at radius 2 is 1.38 bits per heavy atom. The van der Waals surface area contributed by atoms with Crippen molar-refractivity contribution >= 4 is 63.2 Å². The number of esters is 4. The molecule has 2 aromatic rings. The largest absolute Gasteiger partial charge is 0.465 e. The Hall–Kier alpha value is -3.51. The summed E-state index contributed by atoms with van der Waals surface area (Å²) in [6.07, 6.45) is 0. The van der Waals surface area contributed by atoms with Crippen molar-refractivity contribution in [3.05, 3.63) is 45.3 Å². The molecule has 182 valence electrons. The quantitative estimate of drug-likeness (QED) is 0.307. The highest BCUT2D eigenvalue weighted by Gasteiger charge is 2.27. The first-order chi connectivity index (χ1) is 16.2. The van der Waals surface area contributed by atoms with E-state index in [4.69, 9.17) is 31.2 Å². The van der Waals surface area contributed by atoms with Gasteiger partial charge in [-0.2, -0.15) is 0 Å². The second-order valence-corrected chi connectivity index (χ2v) is 7.99. The predicted molar refractivity (Wildman–Crippen MR) is 130 cm³/mol. The number of thiophene rings is 1. The summed E-state index contributed by atoms with van der Waals surface area (Å²) in [4.78, 5) is 49.1. The van der Waals surface area contributed by atoms with Gasteiger partial charge in [-0.3, -0.25) is 0 Å². The Bertz CT molecular complexity index is 1090. The molecule has 0 aliphatic carbocycles. The molecule has 34 heavy (non-hydrogen) atoms. The first kappa shape index (κ1) is 26.7. The molecule has 0 radical (unpaired) electrons. The lowest BCUT2D eigenvalue weighted by Gasteiger charge is -2.13. The van der Waals surface area contributed by atoms with Crippen molar-refractivity contribution in [1.29, 1.82) is 0 Å². The molecule has 0 unspecified atom stereocenters. The minimum atomic E-state index is -0.662. The smallest absolute Gasteiger partial charge is 0.348 e. The monoisotopic (exact) mass is 508 g/mol. The topological polar surface area (TPSA) is 129 Å². The van der Waals surface area contributed by atoms with E-state index in [-0.39, 0.29) is 50.6 Å². The number of methoxy groups -OCH3 is 2. The number of hydrogen-bond donors (Lipinski definition) is 2. The Kier molecular flexibility index (Phi) is 9.51. The number of carbonyl (C=O) groups is 4. The first-order valence-corrected chi connectivity index (χ1v) is 11.3. The molecule has 1 aromatic carbocycles. The molecule has 0 saturated carbocycles. The zero-order valence-electron chi connectivity index (χ0n) is 19.2. The minimum Gasteiger partial charge on any atom is -0.465 e. The van der Waals surface area contributed by atoms with Crippen molar-refractivity contribution in [3.63, 3.8) is 0 Å². The van der Waals surface area contributed by atoms with E-state index in [0.717, 1.165) is 11.3 Å².